The molecular formula is C20H32N2O3. The molecule has 140 valence electrons. The number of nitrogens with zero attached hydrogens (tertiary/aromatic N) is 1. The van der Waals surface area contributed by atoms with E-state index < -0.39 is 6.10 Å². The summed E-state index contributed by atoms with van der Waals surface area (Å²) >= 11 is 0. The third kappa shape index (κ3) is 6.01. The molecule has 1 aromatic carbocycles. The number of anilines is 2. The fraction of sp³-hybridized carbons (Fsp3) is 0.650. The van der Waals surface area contributed by atoms with E-state index in [-0.39, 0.29) is 12.5 Å². The van der Waals surface area contributed by atoms with Gasteiger partial charge < -0.3 is 20.1 Å². The number of rotatable bonds is 8. The number of piperidine rings is 1. The summed E-state index contributed by atoms with van der Waals surface area (Å²) < 4.78 is 5.65. The Morgan fingerprint density at radius 2 is 1.96 bits per heavy atom. The van der Waals surface area contributed by atoms with Crippen LogP contribution >= 0.6 is 0 Å². The molecule has 1 fully saturated rings. The normalized spacial score (nSPS) is 16.9. The average molecular weight is 348 g/mol. The van der Waals surface area contributed by atoms with Crippen molar-refractivity contribution in [3.05, 3.63) is 24.3 Å². The SMILES string of the molecule is CC(C)CCOC(C)C(=O)Nc1ccccc1N1CCC(CO)CC1. The first-order valence-electron chi connectivity index (χ1n) is 9.38. The molecule has 0 aliphatic carbocycles. The van der Waals surface area contributed by atoms with Gasteiger partial charge in [0.25, 0.3) is 5.91 Å². The summed E-state index contributed by atoms with van der Waals surface area (Å²) in [6, 6.07) is 7.90. The maximum Gasteiger partial charge on any atom is 0.253 e. The van der Waals surface area contributed by atoms with Gasteiger partial charge in [0.1, 0.15) is 6.10 Å². The van der Waals surface area contributed by atoms with E-state index in [0.717, 1.165) is 43.7 Å². The second-order valence-corrected chi connectivity index (χ2v) is 7.31. The average Bonchev–Trinajstić information content (AvgIpc) is 2.62. The molecule has 25 heavy (non-hydrogen) atoms. The minimum Gasteiger partial charge on any atom is -0.396 e. The van der Waals surface area contributed by atoms with Crippen molar-refractivity contribution >= 4 is 17.3 Å². The van der Waals surface area contributed by atoms with E-state index in [1.165, 1.54) is 0 Å². The second kappa shape index (κ2) is 9.78. The highest BCUT2D eigenvalue weighted by Crippen LogP contribution is 2.29. The Labute approximate surface area is 151 Å². The molecular weight excluding hydrogens is 316 g/mol. The van der Waals surface area contributed by atoms with Crippen molar-refractivity contribution in [2.45, 2.75) is 46.1 Å². The minimum absolute atomic E-state index is 0.110. The molecule has 2 rings (SSSR count). The van der Waals surface area contributed by atoms with Gasteiger partial charge in [-0.05, 0) is 50.2 Å². The van der Waals surface area contributed by atoms with Crippen LogP contribution in [-0.4, -0.2) is 43.4 Å². The van der Waals surface area contributed by atoms with Gasteiger partial charge in [-0.15, -0.1) is 0 Å². The van der Waals surface area contributed by atoms with Crippen LogP contribution in [0.5, 0.6) is 0 Å². The minimum atomic E-state index is -0.466. The van der Waals surface area contributed by atoms with Gasteiger partial charge >= 0.3 is 0 Å². The molecule has 1 heterocycles. The summed E-state index contributed by atoms with van der Waals surface area (Å²) in [4.78, 5) is 14.7. The standard InChI is InChI=1S/C20H32N2O3/c1-15(2)10-13-25-16(3)20(24)21-18-6-4-5-7-19(18)22-11-8-17(14-23)9-12-22/h4-7,15-17,23H,8-14H2,1-3H3,(H,21,24). The summed E-state index contributed by atoms with van der Waals surface area (Å²) in [5.41, 5.74) is 1.87. The first kappa shape index (κ1) is 19.7. The Kier molecular flexibility index (Phi) is 7.72. The lowest BCUT2D eigenvalue weighted by Gasteiger charge is -2.34. The maximum absolute atomic E-state index is 12.4. The van der Waals surface area contributed by atoms with Crippen molar-refractivity contribution in [2.75, 3.05) is 36.5 Å². The van der Waals surface area contributed by atoms with Crippen LogP contribution in [-0.2, 0) is 9.53 Å². The van der Waals surface area contributed by atoms with E-state index in [9.17, 15) is 9.90 Å². The molecule has 5 heteroatoms. The molecule has 2 N–H and O–H groups in total. The number of hydrogen-bond acceptors (Lipinski definition) is 4. The third-order valence-electron chi connectivity index (χ3n) is 4.81. The summed E-state index contributed by atoms with van der Waals surface area (Å²) in [5, 5.41) is 12.3. The zero-order valence-corrected chi connectivity index (χ0v) is 15.7. The molecule has 0 radical (unpaired) electrons. The summed E-state index contributed by atoms with van der Waals surface area (Å²) in [5.74, 6) is 0.853. The van der Waals surface area contributed by atoms with Crippen LogP contribution in [0, 0.1) is 11.8 Å². The van der Waals surface area contributed by atoms with E-state index in [0.29, 0.717) is 18.4 Å². The van der Waals surface area contributed by atoms with E-state index in [1.54, 1.807) is 6.92 Å². The van der Waals surface area contributed by atoms with Crippen LogP contribution in [0.15, 0.2) is 24.3 Å². The summed E-state index contributed by atoms with van der Waals surface area (Å²) in [6.07, 6.45) is 2.45. The molecule has 0 aromatic heterocycles. The lowest BCUT2D eigenvalue weighted by Crippen LogP contribution is -2.36. The third-order valence-corrected chi connectivity index (χ3v) is 4.81. The molecule has 1 amide bonds. The van der Waals surface area contributed by atoms with E-state index in [1.807, 2.05) is 24.3 Å². The second-order valence-electron chi connectivity index (χ2n) is 7.31. The number of benzene rings is 1. The first-order valence-corrected chi connectivity index (χ1v) is 9.38. The maximum atomic E-state index is 12.4. The van der Waals surface area contributed by atoms with Gasteiger partial charge in [0, 0.05) is 26.3 Å². The lowest BCUT2D eigenvalue weighted by molar-refractivity contribution is -0.126. The molecule has 1 aromatic rings. The van der Waals surface area contributed by atoms with E-state index in [2.05, 4.69) is 24.1 Å². The molecule has 5 nitrogen and oxygen atoms in total. The largest absolute Gasteiger partial charge is 0.396 e. The number of nitrogens with one attached hydrogen (secondary N) is 1. The number of amides is 1. The zero-order valence-electron chi connectivity index (χ0n) is 15.7. The van der Waals surface area contributed by atoms with Gasteiger partial charge in [0.15, 0.2) is 0 Å². The smallest absolute Gasteiger partial charge is 0.253 e. The fourth-order valence-electron chi connectivity index (χ4n) is 3.00. The van der Waals surface area contributed by atoms with Gasteiger partial charge in [-0.2, -0.15) is 0 Å². The highest BCUT2D eigenvalue weighted by atomic mass is 16.5. The molecule has 0 bridgehead atoms. The Morgan fingerprint density at radius 1 is 1.28 bits per heavy atom. The number of aliphatic hydroxyl groups excluding tert-OH is 1. The van der Waals surface area contributed by atoms with Crippen LogP contribution in [0.2, 0.25) is 0 Å². The highest BCUT2D eigenvalue weighted by molar-refractivity contribution is 5.97. The van der Waals surface area contributed by atoms with E-state index in [4.69, 9.17) is 4.74 Å². The van der Waals surface area contributed by atoms with Gasteiger partial charge in [0.2, 0.25) is 0 Å². The molecule has 0 saturated carbocycles. The Balaban J connectivity index is 1.94. The number of carbonyl (C=O) groups excluding carboxylic acids is 1. The van der Waals surface area contributed by atoms with Gasteiger partial charge in [-0.1, -0.05) is 26.0 Å². The highest BCUT2D eigenvalue weighted by Gasteiger charge is 2.22. The van der Waals surface area contributed by atoms with Crippen molar-refractivity contribution in [2.24, 2.45) is 11.8 Å². The predicted molar refractivity (Wildman–Crippen MR) is 102 cm³/mol. The van der Waals surface area contributed by atoms with Crippen molar-refractivity contribution in [1.29, 1.82) is 0 Å². The number of hydrogen-bond donors (Lipinski definition) is 2. The van der Waals surface area contributed by atoms with Crippen LogP contribution in [0.4, 0.5) is 11.4 Å². The van der Waals surface area contributed by atoms with Crippen LogP contribution in [0.1, 0.15) is 40.0 Å². The van der Waals surface area contributed by atoms with Crippen molar-refractivity contribution in [1.82, 2.24) is 0 Å². The molecule has 0 spiro atoms. The molecule has 1 unspecified atom stereocenters. The molecule has 1 atom stereocenters. The monoisotopic (exact) mass is 348 g/mol. The van der Waals surface area contributed by atoms with Gasteiger partial charge in [0.05, 0.1) is 11.4 Å². The van der Waals surface area contributed by atoms with Crippen molar-refractivity contribution in [3.63, 3.8) is 0 Å². The topological polar surface area (TPSA) is 61.8 Å². The lowest BCUT2D eigenvalue weighted by atomic mass is 9.97. The quantitative estimate of drug-likeness (QED) is 0.757. The number of carbonyl (C=O) groups is 1. The number of para-hydroxylation sites is 2. The van der Waals surface area contributed by atoms with Crippen molar-refractivity contribution in [3.8, 4) is 0 Å². The van der Waals surface area contributed by atoms with Gasteiger partial charge in [-0.25, -0.2) is 0 Å². The molecule has 1 aliphatic heterocycles. The van der Waals surface area contributed by atoms with Crippen LogP contribution < -0.4 is 10.2 Å². The van der Waals surface area contributed by atoms with Crippen molar-refractivity contribution < 1.29 is 14.6 Å². The Hall–Kier alpha value is -1.59. The van der Waals surface area contributed by atoms with Crippen LogP contribution in [0.3, 0.4) is 0 Å². The summed E-state index contributed by atoms with van der Waals surface area (Å²) in [7, 11) is 0. The fourth-order valence-corrected chi connectivity index (χ4v) is 3.00. The number of ether oxygens (including phenoxy) is 1. The zero-order chi connectivity index (χ0) is 18.2. The summed E-state index contributed by atoms with van der Waals surface area (Å²) in [6.45, 7) is 8.75. The molecule has 1 saturated heterocycles. The first-order chi connectivity index (χ1) is 12.0. The van der Waals surface area contributed by atoms with Gasteiger partial charge in [-0.3, -0.25) is 4.79 Å². The Bertz CT molecular complexity index is 539. The Morgan fingerprint density at radius 3 is 2.60 bits per heavy atom. The molecule has 1 aliphatic rings. The predicted octanol–water partition coefficient (Wildman–Crippen LogP) is 3.29. The van der Waals surface area contributed by atoms with Crippen LogP contribution in [0.25, 0.3) is 0 Å². The number of aliphatic hydroxyl groups is 1. The van der Waals surface area contributed by atoms with E-state index >= 15 is 0 Å².